The number of hydrogen-bond acceptors (Lipinski definition) is 0. The summed E-state index contributed by atoms with van der Waals surface area (Å²) in [4.78, 5) is 0. The largest absolute Gasteiger partial charge is 0.357 e. The van der Waals surface area contributed by atoms with E-state index >= 15 is 0 Å². The summed E-state index contributed by atoms with van der Waals surface area (Å²) in [5.41, 5.74) is 0. The third-order valence-electron chi connectivity index (χ3n) is 1.68. The van der Waals surface area contributed by atoms with E-state index in [-0.39, 0.29) is 39.8 Å². The van der Waals surface area contributed by atoms with Crippen LogP contribution in [0.2, 0.25) is 0 Å². The maximum absolute atomic E-state index is 2.21. The van der Waals surface area contributed by atoms with Crippen LogP contribution < -0.4 is 21.2 Å². The second-order valence-corrected chi connectivity index (χ2v) is 5.72. The van der Waals surface area contributed by atoms with Gasteiger partial charge in [0.1, 0.15) is 0 Å². The summed E-state index contributed by atoms with van der Waals surface area (Å²) in [5, 5.41) is 0. The monoisotopic (exact) mass is 392 g/mol. The minimum Gasteiger partial charge on any atom is -0.0683 e. The molecular formula is C16H22IV+. The summed E-state index contributed by atoms with van der Waals surface area (Å²) >= 11 is 0.0287. The summed E-state index contributed by atoms with van der Waals surface area (Å²) in [5.74, 6) is 0. The van der Waals surface area contributed by atoms with Gasteiger partial charge in [0.2, 0.25) is 0 Å². The van der Waals surface area contributed by atoms with Crippen LogP contribution in [0.1, 0.15) is 27.7 Å². The van der Waals surface area contributed by atoms with E-state index in [4.69, 9.17) is 0 Å². The molecule has 0 atom stereocenters. The molecule has 0 spiro atoms. The van der Waals surface area contributed by atoms with Crippen molar-refractivity contribution in [2.75, 3.05) is 0 Å². The van der Waals surface area contributed by atoms with Crippen LogP contribution in [0, 0.1) is 7.14 Å². The summed E-state index contributed by atoms with van der Waals surface area (Å²) in [7, 11) is 0. The van der Waals surface area contributed by atoms with Crippen molar-refractivity contribution >= 4 is 0 Å². The zero-order valence-electron chi connectivity index (χ0n) is 11.6. The molecule has 0 aliphatic carbocycles. The van der Waals surface area contributed by atoms with Gasteiger partial charge in [-0.15, -0.1) is 0 Å². The van der Waals surface area contributed by atoms with Crippen LogP contribution >= 0.6 is 0 Å². The Bertz CT molecular complexity index is 322. The first-order chi connectivity index (χ1) is 8.45. The quantitative estimate of drug-likeness (QED) is 0.685. The molecule has 0 aliphatic rings. The zero-order chi connectivity index (χ0) is 12.9. The van der Waals surface area contributed by atoms with E-state index in [0.29, 0.717) is 0 Å². The number of halogens is 1. The van der Waals surface area contributed by atoms with Gasteiger partial charge in [0.05, 0.1) is 0 Å². The second-order valence-electron chi connectivity index (χ2n) is 2.69. The summed E-state index contributed by atoms with van der Waals surface area (Å²) in [6.07, 6.45) is 0. The van der Waals surface area contributed by atoms with Gasteiger partial charge in [0.25, 0.3) is 0 Å². The van der Waals surface area contributed by atoms with Gasteiger partial charge in [0, 0.05) is 18.6 Å². The number of benzene rings is 2. The fourth-order valence-electron chi connectivity index (χ4n) is 1.08. The Morgan fingerprint density at radius 2 is 0.833 bits per heavy atom. The van der Waals surface area contributed by atoms with Gasteiger partial charge in [-0.3, -0.25) is 0 Å². The third-order valence-corrected chi connectivity index (χ3v) is 4.37. The van der Waals surface area contributed by atoms with E-state index in [0.717, 1.165) is 0 Å². The summed E-state index contributed by atoms with van der Waals surface area (Å²) in [6, 6.07) is 21.4. The van der Waals surface area contributed by atoms with Gasteiger partial charge in [-0.25, -0.2) is 0 Å². The normalized spacial score (nSPS) is 7.78. The van der Waals surface area contributed by atoms with Gasteiger partial charge in [0.15, 0.2) is 7.14 Å². The van der Waals surface area contributed by atoms with Crippen molar-refractivity contribution in [1.82, 2.24) is 0 Å². The first kappa shape index (κ1) is 20.1. The minimum atomic E-state index is 0. The van der Waals surface area contributed by atoms with Crippen molar-refractivity contribution in [3.05, 3.63) is 67.8 Å². The summed E-state index contributed by atoms with van der Waals surface area (Å²) in [6.45, 7) is 8.00. The maximum Gasteiger partial charge on any atom is 0.357 e. The molecule has 2 rings (SSSR count). The molecule has 0 unspecified atom stereocenters. The predicted octanol–water partition coefficient (Wildman–Crippen LogP) is 1.86. The average Bonchev–Trinajstić information content (AvgIpc) is 2.45. The van der Waals surface area contributed by atoms with E-state index in [9.17, 15) is 0 Å². The van der Waals surface area contributed by atoms with Gasteiger partial charge >= 0.3 is 21.2 Å². The van der Waals surface area contributed by atoms with Crippen LogP contribution in [-0.4, -0.2) is 0 Å². The van der Waals surface area contributed by atoms with Gasteiger partial charge in [-0.1, -0.05) is 64.1 Å². The van der Waals surface area contributed by atoms with Crippen LogP contribution in [0.5, 0.6) is 0 Å². The Morgan fingerprint density at radius 1 is 0.556 bits per heavy atom. The van der Waals surface area contributed by atoms with Crippen LogP contribution in [0.4, 0.5) is 0 Å². The van der Waals surface area contributed by atoms with Gasteiger partial charge < -0.3 is 0 Å². The minimum absolute atomic E-state index is 0. The van der Waals surface area contributed by atoms with E-state index < -0.39 is 0 Å². The Kier molecular flexibility index (Phi) is 16.5. The molecule has 0 aromatic heterocycles. The van der Waals surface area contributed by atoms with Crippen molar-refractivity contribution < 1.29 is 39.8 Å². The van der Waals surface area contributed by atoms with Crippen molar-refractivity contribution in [1.29, 1.82) is 0 Å². The molecular weight excluding hydrogens is 370 g/mol. The van der Waals surface area contributed by atoms with Gasteiger partial charge in [-0.2, -0.15) is 0 Å². The molecule has 2 heteroatoms. The standard InChI is InChI=1S/C12H10I.2C2H6.V/c1-3-7-11(8-4-1)13-12-9-5-2-6-10-12;2*1-2;/h1-10H;2*1-2H3;/q+1;;;. The molecule has 0 fully saturated rings. The van der Waals surface area contributed by atoms with Gasteiger partial charge in [-0.05, 0) is 24.3 Å². The molecule has 2 aromatic rings. The summed E-state index contributed by atoms with van der Waals surface area (Å²) < 4.78 is 2.96. The molecule has 2 aromatic carbocycles. The molecule has 0 N–H and O–H groups in total. The predicted molar refractivity (Wildman–Crippen MR) is 73.0 cm³/mol. The Morgan fingerprint density at radius 3 is 1.11 bits per heavy atom. The molecule has 0 heterocycles. The Labute approximate surface area is 134 Å². The van der Waals surface area contributed by atoms with Crippen molar-refractivity contribution in [2.45, 2.75) is 27.7 Å². The van der Waals surface area contributed by atoms with Crippen LogP contribution in [0.15, 0.2) is 60.7 Å². The third kappa shape index (κ3) is 8.79. The van der Waals surface area contributed by atoms with Crippen LogP contribution in [0.25, 0.3) is 0 Å². The first-order valence-electron chi connectivity index (χ1n) is 6.20. The van der Waals surface area contributed by atoms with E-state index in [1.807, 2.05) is 27.7 Å². The fraction of sp³-hybridized carbons (Fsp3) is 0.250. The molecule has 0 bridgehead atoms. The molecule has 0 amide bonds. The Balaban J connectivity index is 0. The van der Waals surface area contributed by atoms with Crippen molar-refractivity contribution in [3.63, 3.8) is 0 Å². The second kappa shape index (κ2) is 14.8. The average molecular weight is 392 g/mol. The molecule has 18 heavy (non-hydrogen) atoms. The van der Waals surface area contributed by atoms with E-state index in [1.165, 1.54) is 7.14 Å². The molecule has 97 valence electrons. The van der Waals surface area contributed by atoms with Crippen LogP contribution in [0.3, 0.4) is 0 Å². The topological polar surface area (TPSA) is 0 Å². The number of hydrogen-bond donors (Lipinski definition) is 0. The smallest absolute Gasteiger partial charge is 0.0683 e. The molecule has 0 saturated carbocycles. The van der Waals surface area contributed by atoms with Crippen LogP contribution in [-0.2, 0) is 18.6 Å². The fourth-order valence-corrected chi connectivity index (χ4v) is 3.35. The van der Waals surface area contributed by atoms with E-state index in [1.54, 1.807) is 0 Å². The molecule has 1 radical (unpaired) electrons. The molecule has 0 saturated heterocycles. The zero-order valence-corrected chi connectivity index (χ0v) is 15.2. The SMILES string of the molecule is CC.CC.[V].c1ccc([I+]c2ccccc2)cc1. The Hall–Kier alpha value is -0.246. The molecule has 0 nitrogen and oxygen atoms in total. The van der Waals surface area contributed by atoms with Crippen molar-refractivity contribution in [2.24, 2.45) is 0 Å². The van der Waals surface area contributed by atoms with Crippen molar-refractivity contribution in [3.8, 4) is 0 Å². The first-order valence-corrected chi connectivity index (χ1v) is 8.36. The number of rotatable bonds is 2. The maximum atomic E-state index is 2.21. The van der Waals surface area contributed by atoms with E-state index in [2.05, 4.69) is 60.7 Å². The molecule has 0 aliphatic heterocycles.